The van der Waals surface area contributed by atoms with E-state index in [-0.39, 0.29) is 0 Å². The van der Waals surface area contributed by atoms with Gasteiger partial charge in [0.2, 0.25) is 0 Å². The Labute approximate surface area is 252 Å². The Kier molecular flexibility index (Phi) is 11.1. The third kappa shape index (κ3) is 7.25. The molecule has 0 fully saturated rings. The van der Waals surface area contributed by atoms with Crippen molar-refractivity contribution in [2.75, 3.05) is 0 Å². The van der Waals surface area contributed by atoms with Gasteiger partial charge in [-0.2, -0.15) is 0 Å². The first-order chi connectivity index (χ1) is 20.0. The third-order valence-corrected chi connectivity index (χ3v) is 6.79. The monoisotopic (exact) mass is 735 g/mol. The van der Waals surface area contributed by atoms with Crippen LogP contribution in [0.1, 0.15) is 33.4 Å². The summed E-state index contributed by atoms with van der Waals surface area (Å²) in [4.78, 5) is 12.5. The van der Waals surface area contributed by atoms with E-state index in [4.69, 9.17) is 6.80 Å². The molecule has 6 aromatic rings. The average molecular weight is 735 g/mol. The van der Waals surface area contributed by atoms with Crippen LogP contribution in [-0.4, -0.2) is 30.3 Å². The van der Waals surface area contributed by atoms with Crippen LogP contribution < -0.4 is 0 Å². The Morgan fingerprint density at radius 1 is 0.476 bits per heavy atom. The van der Waals surface area contributed by atoms with E-state index in [0.717, 1.165) is 49.5 Å². The van der Waals surface area contributed by atoms with Gasteiger partial charge in [0.15, 0.2) is 0 Å². The molecule has 0 spiro atoms. The predicted molar refractivity (Wildman–Crippen MR) is 160 cm³/mol. The number of hydrogen-bond acceptors (Lipinski definition) is 8. The fourth-order valence-corrected chi connectivity index (χ4v) is 4.71. The Morgan fingerprint density at radius 2 is 0.714 bits per heavy atom. The molecule has 0 aliphatic carbocycles. The number of aromatic hydroxyl groups is 3. The van der Waals surface area contributed by atoms with E-state index in [1.54, 1.807) is 18.6 Å². The molecule has 3 heterocycles. The number of aryl methyl sites for hydroxylation is 6. The van der Waals surface area contributed by atoms with Crippen LogP contribution in [0.25, 0.3) is 32.7 Å². The van der Waals surface area contributed by atoms with Crippen LogP contribution in [0.3, 0.4) is 0 Å². The molecule has 0 atom stereocenters. The first-order valence-electron chi connectivity index (χ1n) is 13.0. The number of fused-ring (bicyclic) bond motifs is 3. The van der Waals surface area contributed by atoms with Crippen molar-refractivity contribution in [3.8, 4) is 17.2 Å². The van der Waals surface area contributed by atoms with Gasteiger partial charge < -0.3 is 15.3 Å². The van der Waals surface area contributed by atoms with E-state index in [1.807, 2.05) is 96.1 Å². The summed E-state index contributed by atoms with van der Waals surface area (Å²) in [6.45, 7) is 11.7. The summed E-state index contributed by atoms with van der Waals surface area (Å²) in [6, 6.07) is 17.5. The standard InChI is InChI=1S/3C11H11NO.2O.W/c3*1-7-6-8(2)11(13)10-9(7)4-3-5-12-10;;;/h3*3-6,13H,1-2H3;;;. The van der Waals surface area contributed by atoms with E-state index in [9.17, 15) is 15.3 Å². The summed E-state index contributed by atoms with van der Waals surface area (Å²) in [5.41, 5.74) is 8.17. The van der Waals surface area contributed by atoms with Crippen LogP contribution in [-0.2, 0) is 25.3 Å². The van der Waals surface area contributed by atoms with E-state index in [1.165, 1.54) is 0 Å². The molecule has 3 aromatic carbocycles. The summed E-state index contributed by atoms with van der Waals surface area (Å²) in [5.74, 6) is 0.878. The van der Waals surface area contributed by atoms with Crippen LogP contribution in [0.2, 0.25) is 0 Å². The molecule has 3 N–H and O–H groups in total. The number of phenolic OH excluding ortho intramolecular Hbond substituents is 3. The van der Waals surface area contributed by atoms with Crippen LogP contribution >= 0.6 is 0 Å². The van der Waals surface area contributed by atoms with Gasteiger partial charge in [0.1, 0.15) is 33.8 Å². The zero-order valence-corrected chi connectivity index (χ0v) is 27.3. The fourth-order valence-electron chi connectivity index (χ4n) is 4.71. The quantitative estimate of drug-likeness (QED) is 0.147. The van der Waals surface area contributed by atoms with E-state index < -0.39 is 18.5 Å². The van der Waals surface area contributed by atoms with Gasteiger partial charge in [0.25, 0.3) is 0 Å². The molecular formula is C33H33N3O5W. The molecule has 0 unspecified atom stereocenters. The zero-order valence-electron chi connectivity index (χ0n) is 24.3. The van der Waals surface area contributed by atoms with Gasteiger partial charge in [-0.1, -0.05) is 36.4 Å². The van der Waals surface area contributed by atoms with Gasteiger partial charge in [-0.05, 0) is 93.1 Å². The first-order valence-corrected chi connectivity index (χ1v) is 15.4. The summed E-state index contributed by atoms with van der Waals surface area (Å²) in [7, 11) is 0. The minimum atomic E-state index is -2.25. The number of hydrogen-bond donors (Lipinski definition) is 3. The molecule has 9 heteroatoms. The van der Waals surface area contributed by atoms with Crippen molar-refractivity contribution >= 4 is 32.7 Å². The SMILES string of the molecule is Cc1cc(C)c2cccnc2c1O.Cc1cc(C)c2cccnc2c1O.Cc1cc(C)c2cccnc2c1O.[O]=[W]=[O]. The van der Waals surface area contributed by atoms with Crippen molar-refractivity contribution in [3.63, 3.8) is 0 Å². The molecule has 0 bridgehead atoms. The van der Waals surface area contributed by atoms with Crippen molar-refractivity contribution in [2.45, 2.75) is 41.5 Å². The predicted octanol–water partition coefficient (Wildman–Crippen LogP) is 7.43. The van der Waals surface area contributed by atoms with Crippen molar-refractivity contribution in [2.24, 2.45) is 0 Å². The van der Waals surface area contributed by atoms with Gasteiger partial charge in [-0.25, -0.2) is 0 Å². The summed E-state index contributed by atoms with van der Waals surface area (Å²) >= 11 is -2.25. The second-order valence-electron chi connectivity index (χ2n) is 9.84. The van der Waals surface area contributed by atoms with Crippen LogP contribution in [0, 0.1) is 41.5 Å². The van der Waals surface area contributed by atoms with Gasteiger partial charge in [-0.15, -0.1) is 0 Å². The van der Waals surface area contributed by atoms with Gasteiger partial charge >= 0.3 is 25.3 Å². The number of nitrogens with zero attached hydrogens (tertiary/aromatic N) is 3. The topological polar surface area (TPSA) is 134 Å². The molecule has 0 aliphatic rings. The Bertz CT molecular complexity index is 1710. The van der Waals surface area contributed by atoms with Gasteiger partial charge in [0, 0.05) is 34.7 Å². The molecule has 216 valence electrons. The van der Waals surface area contributed by atoms with E-state index in [2.05, 4.69) is 15.0 Å². The molecular weight excluding hydrogens is 702 g/mol. The fraction of sp³-hybridized carbons (Fsp3) is 0.182. The number of pyridine rings is 3. The Morgan fingerprint density at radius 3 is 0.952 bits per heavy atom. The van der Waals surface area contributed by atoms with Crippen molar-refractivity contribution in [1.29, 1.82) is 0 Å². The van der Waals surface area contributed by atoms with Crippen LogP contribution in [0.15, 0.2) is 73.2 Å². The molecule has 0 radical (unpaired) electrons. The van der Waals surface area contributed by atoms with E-state index in [0.29, 0.717) is 33.8 Å². The van der Waals surface area contributed by atoms with Gasteiger partial charge in [-0.3, -0.25) is 15.0 Å². The van der Waals surface area contributed by atoms with Crippen LogP contribution in [0.4, 0.5) is 0 Å². The summed E-state index contributed by atoms with van der Waals surface area (Å²) in [5, 5.41) is 32.2. The number of phenols is 3. The summed E-state index contributed by atoms with van der Waals surface area (Å²) < 4.78 is 17.1. The van der Waals surface area contributed by atoms with Crippen molar-refractivity contribution < 1.29 is 40.6 Å². The van der Waals surface area contributed by atoms with Crippen LogP contribution in [0.5, 0.6) is 17.2 Å². The molecule has 42 heavy (non-hydrogen) atoms. The third-order valence-electron chi connectivity index (χ3n) is 6.79. The number of rotatable bonds is 0. The van der Waals surface area contributed by atoms with E-state index >= 15 is 0 Å². The molecule has 0 amide bonds. The molecule has 0 saturated heterocycles. The maximum absolute atomic E-state index is 9.72. The maximum atomic E-state index is 9.72. The van der Waals surface area contributed by atoms with Crippen molar-refractivity contribution in [1.82, 2.24) is 15.0 Å². The normalized spacial score (nSPS) is 10.1. The second kappa shape index (κ2) is 14.5. The number of aromatic nitrogens is 3. The molecule has 0 aliphatic heterocycles. The summed E-state index contributed by atoms with van der Waals surface area (Å²) in [6.07, 6.45) is 5.09. The Hall–Kier alpha value is -4.42. The molecule has 3 aromatic heterocycles. The molecule has 8 nitrogen and oxygen atoms in total. The molecule has 6 rings (SSSR count). The Balaban J connectivity index is 0.000000165. The zero-order chi connectivity index (χ0) is 31.0. The van der Waals surface area contributed by atoms with Gasteiger partial charge in [0.05, 0.1) is 0 Å². The average Bonchev–Trinajstić information content (AvgIpc) is 2.99. The first kappa shape index (κ1) is 32.1. The number of benzene rings is 3. The van der Waals surface area contributed by atoms with Crippen molar-refractivity contribution in [3.05, 3.63) is 107 Å². The minimum absolute atomic E-state index is 0.293. The molecule has 0 saturated carbocycles. The second-order valence-corrected chi connectivity index (χ2v) is 10.3.